The summed E-state index contributed by atoms with van der Waals surface area (Å²) in [6.45, 7) is 20.1. The SMILES string of the molecule is CCCC(C)CCC(C)CC.CCNC(=O)c1ccn(C(C)(C)C)c1.Cc1cccc(-c2csc(NC=O)n2)n1. The molecule has 2 N–H and O–H groups in total. The number of carbonyl (C=O) groups is 2. The lowest BCUT2D eigenvalue weighted by Gasteiger charge is -2.20. The van der Waals surface area contributed by atoms with E-state index in [0.29, 0.717) is 18.1 Å². The summed E-state index contributed by atoms with van der Waals surface area (Å²) in [7, 11) is 0. The van der Waals surface area contributed by atoms with Crippen molar-refractivity contribution in [2.24, 2.45) is 11.8 Å². The molecular weight excluding hydrogens is 518 g/mol. The standard InChI is InChI=1S/C11H18N2O.C11H24.C10H9N3OS/c1-5-12-10(14)9-6-7-13(8-9)11(2,3)4;1-5-7-11(4)9-8-10(3)6-2;1-7-3-2-4-8(12-7)9-5-15-10(13-9)11-6-14/h6-8H,5H2,1-4H3,(H,12,14);10-11H,5-9H2,1-4H3;2-6H,1H3,(H,11,13,14). The van der Waals surface area contributed by atoms with E-state index in [0.717, 1.165) is 34.5 Å². The first-order valence-electron chi connectivity index (χ1n) is 14.5. The maximum atomic E-state index is 11.5. The molecule has 0 fully saturated rings. The van der Waals surface area contributed by atoms with Gasteiger partial charge in [0.1, 0.15) is 5.69 Å². The van der Waals surface area contributed by atoms with Crippen LogP contribution < -0.4 is 10.6 Å². The van der Waals surface area contributed by atoms with Gasteiger partial charge in [0.15, 0.2) is 5.13 Å². The zero-order chi connectivity index (χ0) is 30.1. The van der Waals surface area contributed by atoms with Crippen LogP contribution in [-0.2, 0) is 10.3 Å². The number of rotatable bonds is 11. The molecule has 3 rings (SSSR count). The number of amides is 2. The quantitative estimate of drug-likeness (QED) is 0.227. The molecule has 2 unspecified atom stereocenters. The molecule has 0 bridgehead atoms. The van der Waals surface area contributed by atoms with Gasteiger partial charge in [-0.1, -0.05) is 65.9 Å². The molecule has 8 heteroatoms. The summed E-state index contributed by atoms with van der Waals surface area (Å²) in [5.41, 5.74) is 3.32. The summed E-state index contributed by atoms with van der Waals surface area (Å²) in [4.78, 5) is 30.2. The summed E-state index contributed by atoms with van der Waals surface area (Å²) in [5, 5.41) is 7.74. The second-order valence-corrected chi connectivity index (χ2v) is 12.1. The molecule has 2 amide bonds. The van der Waals surface area contributed by atoms with Gasteiger partial charge in [-0.2, -0.15) is 0 Å². The average Bonchev–Trinajstić information content (AvgIpc) is 3.59. The van der Waals surface area contributed by atoms with E-state index in [9.17, 15) is 9.59 Å². The molecule has 0 spiro atoms. The van der Waals surface area contributed by atoms with Crippen LogP contribution in [0.2, 0.25) is 0 Å². The first kappa shape index (κ1) is 35.0. The van der Waals surface area contributed by atoms with Crippen LogP contribution in [0.1, 0.15) is 104 Å². The normalized spacial score (nSPS) is 12.2. The lowest BCUT2D eigenvalue weighted by molar-refractivity contribution is -0.105. The molecular formula is C32H51N5O2S. The van der Waals surface area contributed by atoms with Crippen LogP contribution in [0, 0.1) is 18.8 Å². The fourth-order valence-electron chi connectivity index (χ4n) is 3.81. The first-order chi connectivity index (χ1) is 18.9. The summed E-state index contributed by atoms with van der Waals surface area (Å²) < 4.78 is 2.04. The van der Waals surface area contributed by atoms with Crippen molar-refractivity contribution >= 4 is 28.8 Å². The molecule has 0 saturated heterocycles. The molecule has 0 aliphatic rings. The van der Waals surface area contributed by atoms with Gasteiger partial charge in [0.25, 0.3) is 5.91 Å². The van der Waals surface area contributed by atoms with Crippen LogP contribution in [0.25, 0.3) is 11.4 Å². The van der Waals surface area contributed by atoms with Crippen molar-refractivity contribution in [3.05, 3.63) is 53.3 Å². The first-order valence-corrected chi connectivity index (χ1v) is 15.4. The van der Waals surface area contributed by atoms with E-state index < -0.39 is 0 Å². The summed E-state index contributed by atoms with van der Waals surface area (Å²) in [6, 6.07) is 7.60. The maximum absolute atomic E-state index is 11.5. The Kier molecular flexibility index (Phi) is 16.1. The molecule has 0 aliphatic heterocycles. The maximum Gasteiger partial charge on any atom is 0.252 e. The Morgan fingerprint density at radius 1 is 1.02 bits per heavy atom. The van der Waals surface area contributed by atoms with Crippen LogP contribution in [0.4, 0.5) is 5.13 Å². The third kappa shape index (κ3) is 13.4. The Labute approximate surface area is 246 Å². The summed E-state index contributed by atoms with van der Waals surface area (Å²) in [6.07, 6.45) is 11.4. The van der Waals surface area contributed by atoms with Crippen LogP contribution >= 0.6 is 11.3 Å². The molecule has 2 atom stereocenters. The van der Waals surface area contributed by atoms with Crippen molar-refractivity contribution in [2.45, 2.75) is 100.0 Å². The lowest BCUT2D eigenvalue weighted by Crippen LogP contribution is -2.23. The summed E-state index contributed by atoms with van der Waals surface area (Å²) >= 11 is 1.38. The van der Waals surface area contributed by atoms with Crippen LogP contribution in [0.5, 0.6) is 0 Å². The van der Waals surface area contributed by atoms with Crippen molar-refractivity contribution < 1.29 is 9.59 Å². The number of pyridine rings is 1. The minimum Gasteiger partial charge on any atom is -0.352 e. The Morgan fingerprint density at radius 2 is 1.73 bits per heavy atom. The predicted octanol–water partition coefficient (Wildman–Crippen LogP) is 8.32. The fraction of sp³-hybridized carbons (Fsp3) is 0.562. The van der Waals surface area contributed by atoms with Crippen LogP contribution in [0.3, 0.4) is 0 Å². The number of anilines is 1. The highest BCUT2D eigenvalue weighted by Crippen LogP contribution is 2.23. The number of nitrogens with one attached hydrogen (secondary N) is 2. The van der Waals surface area contributed by atoms with Crippen LogP contribution in [0.15, 0.2) is 42.0 Å². The van der Waals surface area contributed by atoms with Crippen molar-refractivity contribution in [1.82, 2.24) is 19.9 Å². The van der Waals surface area contributed by atoms with Gasteiger partial charge in [-0.3, -0.25) is 14.6 Å². The number of aromatic nitrogens is 3. The Morgan fingerprint density at radius 3 is 2.27 bits per heavy atom. The van der Waals surface area contributed by atoms with Gasteiger partial charge in [0, 0.05) is 35.6 Å². The number of thiazole rings is 1. The molecule has 7 nitrogen and oxygen atoms in total. The van der Waals surface area contributed by atoms with Gasteiger partial charge in [0.2, 0.25) is 6.41 Å². The third-order valence-electron chi connectivity index (χ3n) is 6.53. The lowest BCUT2D eigenvalue weighted by atomic mass is 9.94. The van der Waals surface area contributed by atoms with E-state index >= 15 is 0 Å². The predicted molar refractivity (Wildman–Crippen MR) is 170 cm³/mol. The molecule has 222 valence electrons. The molecule has 0 aromatic carbocycles. The molecule has 40 heavy (non-hydrogen) atoms. The largest absolute Gasteiger partial charge is 0.352 e. The number of nitrogens with zero attached hydrogens (tertiary/aromatic N) is 3. The fourth-order valence-corrected chi connectivity index (χ4v) is 4.48. The molecule has 3 aromatic rings. The van der Waals surface area contributed by atoms with E-state index in [1.165, 1.54) is 43.4 Å². The Bertz CT molecular complexity index is 1130. The van der Waals surface area contributed by atoms with Gasteiger partial charge in [-0.15, -0.1) is 11.3 Å². The minimum atomic E-state index is -0.00417. The topological polar surface area (TPSA) is 88.9 Å². The Balaban J connectivity index is 0.000000305. The van der Waals surface area contributed by atoms with E-state index in [1.54, 1.807) is 0 Å². The monoisotopic (exact) mass is 569 g/mol. The highest BCUT2D eigenvalue weighted by atomic mass is 32.1. The average molecular weight is 570 g/mol. The molecule has 0 radical (unpaired) electrons. The Hall–Kier alpha value is -3.00. The zero-order valence-electron chi connectivity index (χ0n) is 26.1. The van der Waals surface area contributed by atoms with Crippen LogP contribution in [-0.4, -0.2) is 33.4 Å². The minimum absolute atomic E-state index is 0.00417. The second-order valence-electron chi connectivity index (χ2n) is 11.3. The van der Waals surface area contributed by atoms with Gasteiger partial charge in [-0.25, -0.2) is 4.98 Å². The highest BCUT2D eigenvalue weighted by Gasteiger charge is 2.14. The van der Waals surface area contributed by atoms with Crippen molar-refractivity contribution in [1.29, 1.82) is 0 Å². The van der Waals surface area contributed by atoms with Gasteiger partial charge in [0.05, 0.1) is 11.3 Å². The molecule has 0 saturated carbocycles. The van der Waals surface area contributed by atoms with Gasteiger partial charge < -0.3 is 15.2 Å². The molecule has 3 aromatic heterocycles. The highest BCUT2D eigenvalue weighted by molar-refractivity contribution is 7.14. The van der Waals surface area contributed by atoms with Crippen molar-refractivity contribution in [2.75, 3.05) is 11.9 Å². The number of aryl methyl sites for hydroxylation is 1. The summed E-state index contributed by atoms with van der Waals surface area (Å²) in [5.74, 6) is 1.89. The molecule has 0 aliphatic carbocycles. The van der Waals surface area contributed by atoms with E-state index in [-0.39, 0.29) is 11.4 Å². The van der Waals surface area contributed by atoms with E-state index in [1.807, 2.05) is 60.5 Å². The molecule has 3 heterocycles. The smallest absolute Gasteiger partial charge is 0.252 e. The van der Waals surface area contributed by atoms with E-state index in [4.69, 9.17) is 0 Å². The number of hydrogen-bond donors (Lipinski definition) is 2. The second kappa shape index (κ2) is 18.4. The van der Waals surface area contributed by atoms with Gasteiger partial charge in [-0.05, 0) is 64.7 Å². The third-order valence-corrected chi connectivity index (χ3v) is 7.31. The van der Waals surface area contributed by atoms with Crippen molar-refractivity contribution in [3.8, 4) is 11.4 Å². The zero-order valence-corrected chi connectivity index (χ0v) is 26.9. The van der Waals surface area contributed by atoms with E-state index in [2.05, 4.69) is 69.1 Å². The van der Waals surface area contributed by atoms with Crippen molar-refractivity contribution in [3.63, 3.8) is 0 Å². The number of hydrogen-bond acceptors (Lipinski definition) is 5. The van der Waals surface area contributed by atoms with Gasteiger partial charge >= 0.3 is 0 Å². The number of carbonyl (C=O) groups excluding carboxylic acids is 2.